The number of methoxy groups -OCH3 is 2. The molecule has 0 saturated carbocycles. The third-order valence-electron chi connectivity index (χ3n) is 4.15. The molecule has 1 aromatic carbocycles. The number of aromatic nitrogens is 2. The Balaban J connectivity index is 1.50. The zero-order valence-electron chi connectivity index (χ0n) is 14.8. The highest BCUT2D eigenvalue weighted by Gasteiger charge is 2.27. The van der Waals surface area contributed by atoms with Gasteiger partial charge in [0.1, 0.15) is 6.10 Å². The smallest absolute Gasteiger partial charge is 0.317 e. The van der Waals surface area contributed by atoms with E-state index in [4.69, 9.17) is 14.2 Å². The largest absolute Gasteiger partial charge is 0.493 e. The van der Waals surface area contributed by atoms with E-state index >= 15 is 0 Å². The van der Waals surface area contributed by atoms with E-state index < -0.39 is 0 Å². The summed E-state index contributed by atoms with van der Waals surface area (Å²) in [5, 5.41) is 2.92. The van der Waals surface area contributed by atoms with E-state index in [-0.39, 0.29) is 12.1 Å². The molecule has 26 heavy (non-hydrogen) atoms. The molecule has 1 aromatic heterocycles. The lowest BCUT2D eigenvalue weighted by molar-refractivity contribution is 0.182. The van der Waals surface area contributed by atoms with Crippen molar-refractivity contribution in [3.05, 3.63) is 42.4 Å². The molecule has 0 bridgehead atoms. The molecule has 1 saturated heterocycles. The van der Waals surface area contributed by atoms with Gasteiger partial charge in [-0.05, 0) is 17.7 Å². The molecule has 1 atom stereocenters. The summed E-state index contributed by atoms with van der Waals surface area (Å²) in [5.41, 5.74) is 0.933. The number of hydrogen-bond acceptors (Lipinski definition) is 6. The second-order valence-corrected chi connectivity index (χ2v) is 5.87. The lowest BCUT2D eigenvalue weighted by Crippen LogP contribution is -2.39. The van der Waals surface area contributed by atoms with Crippen LogP contribution in [-0.2, 0) is 6.54 Å². The van der Waals surface area contributed by atoms with Crippen LogP contribution in [0.3, 0.4) is 0 Å². The highest BCUT2D eigenvalue weighted by Crippen LogP contribution is 2.27. The summed E-state index contributed by atoms with van der Waals surface area (Å²) in [5.74, 6) is 1.77. The van der Waals surface area contributed by atoms with Crippen LogP contribution in [0.15, 0.2) is 36.8 Å². The summed E-state index contributed by atoms with van der Waals surface area (Å²) in [6.07, 6.45) is 5.44. The van der Waals surface area contributed by atoms with E-state index in [1.165, 1.54) is 0 Å². The van der Waals surface area contributed by atoms with Crippen LogP contribution in [0.5, 0.6) is 17.4 Å². The summed E-state index contributed by atoms with van der Waals surface area (Å²) in [6, 6.07) is 5.44. The SMILES string of the molecule is COc1ccc(CNC(=O)N2CCC(Oc3cnccn3)C2)cc1OC. The molecule has 0 aliphatic carbocycles. The van der Waals surface area contributed by atoms with Crippen molar-refractivity contribution in [3.8, 4) is 17.4 Å². The molecule has 0 radical (unpaired) electrons. The molecule has 138 valence electrons. The number of nitrogens with one attached hydrogen (secondary N) is 1. The molecule has 1 N–H and O–H groups in total. The number of carbonyl (C=O) groups is 1. The van der Waals surface area contributed by atoms with Gasteiger partial charge in [-0.3, -0.25) is 4.98 Å². The number of benzene rings is 1. The molecule has 8 nitrogen and oxygen atoms in total. The number of amides is 2. The molecule has 1 unspecified atom stereocenters. The number of hydrogen-bond donors (Lipinski definition) is 1. The predicted octanol–water partition coefficient (Wildman–Crippen LogP) is 1.86. The minimum Gasteiger partial charge on any atom is -0.493 e. The van der Waals surface area contributed by atoms with Crippen LogP contribution in [0.1, 0.15) is 12.0 Å². The third-order valence-corrected chi connectivity index (χ3v) is 4.15. The fourth-order valence-electron chi connectivity index (χ4n) is 2.81. The summed E-state index contributed by atoms with van der Waals surface area (Å²) >= 11 is 0. The number of urea groups is 1. The quantitative estimate of drug-likeness (QED) is 0.848. The van der Waals surface area contributed by atoms with E-state index in [1.807, 2.05) is 18.2 Å². The Labute approximate surface area is 152 Å². The van der Waals surface area contributed by atoms with E-state index in [1.54, 1.807) is 37.7 Å². The minimum atomic E-state index is -0.120. The Morgan fingerprint density at radius 3 is 2.85 bits per heavy atom. The van der Waals surface area contributed by atoms with Gasteiger partial charge in [0.25, 0.3) is 0 Å². The standard InChI is InChI=1S/C18H22N4O4/c1-24-15-4-3-13(9-16(15)25-2)10-21-18(23)22-8-5-14(12-22)26-17-11-19-6-7-20-17/h3-4,6-7,9,11,14H,5,8,10,12H2,1-2H3,(H,21,23). The Hall–Kier alpha value is -3.03. The van der Waals surface area contributed by atoms with Crippen molar-refractivity contribution in [2.24, 2.45) is 0 Å². The third kappa shape index (κ3) is 4.33. The Kier molecular flexibility index (Phi) is 5.73. The highest BCUT2D eigenvalue weighted by molar-refractivity contribution is 5.74. The first-order valence-corrected chi connectivity index (χ1v) is 8.36. The van der Waals surface area contributed by atoms with Crippen LogP contribution in [0.25, 0.3) is 0 Å². The molecular formula is C18H22N4O4. The monoisotopic (exact) mass is 358 g/mol. The van der Waals surface area contributed by atoms with Crippen LogP contribution in [0.2, 0.25) is 0 Å². The molecule has 3 rings (SSSR count). The average molecular weight is 358 g/mol. The fraction of sp³-hybridized carbons (Fsp3) is 0.389. The first kappa shape index (κ1) is 17.8. The van der Waals surface area contributed by atoms with Gasteiger partial charge in [0.05, 0.1) is 27.0 Å². The van der Waals surface area contributed by atoms with Crippen LogP contribution in [-0.4, -0.2) is 54.3 Å². The number of nitrogens with zero attached hydrogens (tertiary/aromatic N) is 3. The number of rotatable bonds is 6. The fourth-order valence-corrected chi connectivity index (χ4v) is 2.81. The Morgan fingerprint density at radius 1 is 1.27 bits per heavy atom. The maximum absolute atomic E-state index is 12.4. The number of carbonyl (C=O) groups excluding carboxylic acids is 1. The lowest BCUT2D eigenvalue weighted by atomic mass is 10.2. The Morgan fingerprint density at radius 2 is 2.12 bits per heavy atom. The second-order valence-electron chi connectivity index (χ2n) is 5.87. The van der Waals surface area contributed by atoms with Gasteiger partial charge in [0.2, 0.25) is 5.88 Å². The van der Waals surface area contributed by atoms with Crippen molar-refractivity contribution in [2.45, 2.75) is 19.1 Å². The molecular weight excluding hydrogens is 336 g/mol. The van der Waals surface area contributed by atoms with Gasteiger partial charge >= 0.3 is 6.03 Å². The summed E-state index contributed by atoms with van der Waals surface area (Å²) < 4.78 is 16.2. The number of ether oxygens (including phenoxy) is 3. The maximum atomic E-state index is 12.4. The zero-order chi connectivity index (χ0) is 18.4. The molecule has 2 aromatic rings. The van der Waals surface area contributed by atoms with Gasteiger partial charge in [-0.1, -0.05) is 6.07 Å². The molecule has 0 spiro atoms. The number of likely N-dealkylation sites (tertiary alicyclic amines) is 1. The summed E-state index contributed by atoms with van der Waals surface area (Å²) in [7, 11) is 3.17. The van der Waals surface area contributed by atoms with Gasteiger partial charge in [-0.2, -0.15) is 0 Å². The van der Waals surface area contributed by atoms with E-state index in [2.05, 4.69) is 15.3 Å². The van der Waals surface area contributed by atoms with Gasteiger partial charge in [-0.15, -0.1) is 0 Å². The van der Waals surface area contributed by atoms with Crippen molar-refractivity contribution in [1.82, 2.24) is 20.2 Å². The molecule has 2 heterocycles. The van der Waals surface area contributed by atoms with Crippen molar-refractivity contribution in [1.29, 1.82) is 0 Å². The second kappa shape index (κ2) is 8.37. The Bertz CT molecular complexity index is 741. The summed E-state index contributed by atoms with van der Waals surface area (Å²) in [6.45, 7) is 1.57. The van der Waals surface area contributed by atoms with Crippen molar-refractivity contribution in [3.63, 3.8) is 0 Å². The predicted molar refractivity (Wildman–Crippen MR) is 94.4 cm³/mol. The molecule has 2 amide bonds. The highest BCUT2D eigenvalue weighted by atomic mass is 16.5. The van der Waals surface area contributed by atoms with E-state index in [0.29, 0.717) is 37.0 Å². The average Bonchev–Trinajstić information content (AvgIpc) is 3.15. The molecule has 1 aliphatic heterocycles. The first-order chi connectivity index (χ1) is 12.7. The summed E-state index contributed by atoms with van der Waals surface area (Å²) in [4.78, 5) is 22.2. The van der Waals surface area contributed by atoms with Crippen LogP contribution >= 0.6 is 0 Å². The van der Waals surface area contributed by atoms with Gasteiger partial charge in [-0.25, -0.2) is 9.78 Å². The van der Waals surface area contributed by atoms with Crippen LogP contribution in [0.4, 0.5) is 4.79 Å². The maximum Gasteiger partial charge on any atom is 0.317 e. The van der Waals surface area contributed by atoms with Gasteiger partial charge in [0, 0.05) is 31.9 Å². The van der Waals surface area contributed by atoms with Crippen molar-refractivity contribution >= 4 is 6.03 Å². The van der Waals surface area contributed by atoms with Crippen molar-refractivity contribution < 1.29 is 19.0 Å². The minimum absolute atomic E-state index is 0.0708. The molecule has 1 aliphatic rings. The van der Waals surface area contributed by atoms with Crippen LogP contribution < -0.4 is 19.5 Å². The van der Waals surface area contributed by atoms with Crippen molar-refractivity contribution in [2.75, 3.05) is 27.3 Å². The van der Waals surface area contributed by atoms with Gasteiger partial charge in [0.15, 0.2) is 11.5 Å². The lowest BCUT2D eigenvalue weighted by Gasteiger charge is -2.18. The van der Waals surface area contributed by atoms with E-state index in [9.17, 15) is 4.79 Å². The molecule has 1 fully saturated rings. The normalized spacial score (nSPS) is 16.2. The van der Waals surface area contributed by atoms with Crippen LogP contribution in [0, 0.1) is 0 Å². The van der Waals surface area contributed by atoms with Gasteiger partial charge < -0.3 is 24.4 Å². The first-order valence-electron chi connectivity index (χ1n) is 8.36. The van der Waals surface area contributed by atoms with E-state index in [0.717, 1.165) is 12.0 Å². The molecule has 8 heteroatoms. The topological polar surface area (TPSA) is 85.8 Å². The zero-order valence-corrected chi connectivity index (χ0v) is 14.8.